The Hall–Kier alpha value is -0.720. The standard InChI is InChI=1S/C12H22N4OS/c1-2-13-12-11(14-15-18-12)9-16(7-4-8-17)10-5-3-6-10/h10,13,17H,2-9H2,1H3. The molecule has 0 unspecified atom stereocenters. The normalized spacial score (nSPS) is 15.9. The van der Waals surface area contributed by atoms with Gasteiger partial charge in [-0.25, -0.2) is 0 Å². The highest BCUT2D eigenvalue weighted by Crippen LogP contribution is 2.28. The second-order valence-electron chi connectivity index (χ2n) is 4.71. The van der Waals surface area contributed by atoms with Gasteiger partial charge in [-0.15, -0.1) is 5.10 Å². The Bertz CT molecular complexity index is 354. The third-order valence-electron chi connectivity index (χ3n) is 3.44. The number of hydrogen-bond acceptors (Lipinski definition) is 6. The summed E-state index contributed by atoms with van der Waals surface area (Å²) in [7, 11) is 0. The molecule has 2 N–H and O–H groups in total. The molecule has 0 amide bonds. The van der Waals surface area contributed by atoms with Crippen molar-refractivity contribution in [1.82, 2.24) is 14.5 Å². The minimum absolute atomic E-state index is 0.263. The fourth-order valence-electron chi connectivity index (χ4n) is 2.22. The predicted octanol–water partition coefficient (Wildman–Crippen LogP) is 1.71. The van der Waals surface area contributed by atoms with E-state index in [1.807, 2.05) is 0 Å². The van der Waals surface area contributed by atoms with Gasteiger partial charge in [0.15, 0.2) is 0 Å². The Labute approximate surface area is 112 Å². The molecule has 0 aromatic carbocycles. The zero-order chi connectivity index (χ0) is 12.8. The summed E-state index contributed by atoms with van der Waals surface area (Å²) in [5.74, 6) is 0. The number of anilines is 1. The Morgan fingerprint density at radius 1 is 1.50 bits per heavy atom. The Morgan fingerprint density at radius 2 is 2.33 bits per heavy atom. The topological polar surface area (TPSA) is 61.3 Å². The first-order valence-corrected chi connectivity index (χ1v) is 7.52. The molecule has 1 saturated carbocycles. The van der Waals surface area contributed by atoms with E-state index in [1.54, 1.807) is 0 Å². The van der Waals surface area contributed by atoms with Crippen molar-refractivity contribution in [2.24, 2.45) is 0 Å². The SMILES string of the molecule is CCNc1snnc1CN(CCCO)C1CCC1. The molecule has 0 aliphatic heterocycles. The fraction of sp³-hybridized carbons (Fsp3) is 0.833. The van der Waals surface area contributed by atoms with Crippen LogP contribution in [0.1, 0.15) is 38.3 Å². The van der Waals surface area contributed by atoms with Crippen molar-refractivity contribution < 1.29 is 5.11 Å². The zero-order valence-corrected chi connectivity index (χ0v) is 11.7. The van der Waals surface area contributed by atoms with Gasteiger partial charge in [-0.3, -0.25) is 4.90 Å². The van der Waals surface area contributed by atoms with Gasteiger partial charge in [-0.2, -0.15) is 0 Å². The van der Waals surface area contributed by atoms with Crippen LogP contribution in [0.4, 0.5) is 5.00 Å². The summed E-state index contributed by atoms with van der Waals surface area (Å²) in [5, 5.41) is 17.6. The molecule has 1 heterocycles. The molecule has 0 radical (unpaired) electrons. The highest BCUT2D eigenvalue weighted by Gasteiger charge is 2.26. The van der Waals surface area contributed by atoms with Crippen LogP contribution < -0.4 is 5.32 Å². The largest absolute Gasteiger partial charge is 0.396 e. The van der Waals surface area contributed by atoms with E-state index < -0.39 is 0 Å². The van der Waals surface area contributed by atoms with Crippen molar-refractivity contribution in [3.63, 3.8) is 0 Å². The van der Waals surface area contributed by atoms with E-state index in [4.69, 9.17) is 5.11 Å². The number of aliphatic hydroxyl groups excluding tert-OH is 1. The lowest BCUT2D eigenvalue weighted by atomic mass is 9.91. The lowest BCUT2D eigenvalue weighted by Crippen LogP contribution is -2.40. The molecule has 18 heavy (non-hydrogen) atoms. The van der Waals surface area contributed by atoms with Gasteiger partial charge in [0.2, 0.25) is 0 Å². The maximum atomic E-state index is 8.99. The second-order valence-corrected chi connectivity index (χ2v) is 5.47. The molecule has 0 saturated heterocycles. The molecule has 0 atom stereocenters. The van der Waals surface area contributed by atoms with Crippen molar-refractivity contribution in [3.05, 3.63) is 5.69 Å². The minimum Gasteiger partial charge on any atom is -0.396 e. The van der Waals surface area contributed by atoms with E-state index in [0.29, 0.717) is 6.04 Å². The maximum Gasteiger partial charge on any atom is 0.134 e. The van der Waals surface area contributed by atoms with Crippen LogP contribution in [0.15, 0.2) is 0 Å². The van der Waals surface area contributed by atoms with Crippen molar-refractivity contribution in [3.8, 4) is 0 Å². The number of nitrogens with one attached hydrogen (secondary N) is 1. The van der Waals surface area contributed by atoms with E-state index in [-0.39, 0.29) is 6.61 Å². The average molecular weight is 270 g/mol. The lowest BCUT2D eigenvalue weighted by Gasteiger charge is -2.37. The highest BCUT2D eigenvalue weighted by atomic mass is 32.1. The van der Waals surface area contributed by atoms with E-state index >= 15 is 0 Å². The second kappa shape index (κ2) is 7.01. The van der Waals surface area contributed by atoms with E-state index in [9.17, 15) is 0 Å². The summed E-state index contributed by atoms with van der Waals surface area (Å²) in [4.78, 5) is 2.44. The van der Waals surface area contributed by atoms with Crippen LogP contribution in [0.3, 0.4) is 0 Å². The quantitative estimate of drug-likeness (QED) is 0.753. The maximum absolute atomic E-state index is 8.99. The van der Waals surface area contributed by atoms with Crippen LogP contribution in [-0.2, 0) is 6.54 Å². The summed E-state index contributed by atoms with van der Waals surface area (Å²) in [5.41, 5.74) is 1.05. The lowest BCUT2D eigenvalue weighted by molar-refractivity contribution is 0.108. The number of aliphatic hydroxyl groups is 1. The first-order valence-electron chi connectivity index (χ1n) is 6.75. The molecule has 0 bridgehead atoms. The number of rotatable bonds is 8. The summed E-state index contributed by atoms with van der Waals surface area (Å²) < 4.78 is 4.03. The minimum atomic E-state index is 0.263. The average Bonchev–Trinajstić information content (AvgIpc) is 2.72. The van der Waals surface area contributed by atoms with Crippen molar-refractivity contribution in [2.45, 2.75) is 45.2 Å². The first kappa shape index (κ1) is 13.7. The fourth-order valence-corrected chi connectivity index (χ4v) is 2.86. The van der Waals surface area contributed by atoms with E-state index in [0.717, 1.165) is 36.8 Å². The van der Waals surface area contributed by atoms with Crippen molar-refractivity contribution in [2.75, 3.05) is 25.0 Å². The van der Waals surface area contributed by atoms with Crippen LogP contribution in [0, 0.1) is 0 Å². The van der Waals surface area contributed by atoms with Crippen molar-refractivity contribution in [1.29, 1.82) is 0 Å². The smallest absolute Gasteiger partial charge is 0.134 e. The van der Waals surface area contributed by atoms with E-state index in [1.165, 1.54) is 30.8 Å². The third kappa shape index (κ3) is 3.40. The molecule has 5 nitrogen and oxygen atoms in total. The Balaban J connectivity index is 1.95. The summed E-state index contributed by atoms with van der Waals surface area (Å²) >= 11 is 1.43. The summed E-state index contributed by atoms with van der Waals surface area (Å²) in [6.07, 6.45) is 4.72. The monoisotopic (exact) mass is 270 g/mol. The third-order valence-corrected chi connectivity index (χ3v) is 4.17. The summed E-state index contributed by atoms with van der Waals surface area (Å²) in [6, 6.07) is 0.674. The number of hydrogen-bond donors (Lipinski definition) is 2. The molecule has 102 valence electrons. The first-order chi connectivity index (χ1) is 8.85. The van der Waals surface area contributed by atoms with Gasteiger partial charge in [0.25, 0.3) is 0 Å². The van der Waals surface area contributed by atoms with E-state index in [2.05, 4.69) is 26.7 Å². The molecule has 1 aromatic heterocycles. The van der Waals surface area contributed by atoms with Crippen LogP contribution in [0.25, 0.3) is 0 Å². The summed E-state index contributed by atoms with van der Waals surface area (Å²) in [6.45, 7) is 5.04. The predicted molar refractivity (Wildman–Crippen MR) is 73.8 cm³/mol. The van der Waals surface area contributed by atoms with Gasteiger partial charge < -0.3 is 10.4 Å². The molecule has 6 heteroatoms. The van der Waals surface area contributed by atoms with Gasteiger partial charge in [0.05, 0.1) is 0 Å². The Morgan fingerprint density at radius 3 is 2.94 bits per heavy atom. The molecule has 1 aromatic rings. The van der Waals surface area contributed by atoms with Crippen molar-refractivity contribution >= 4 is 16.5 Å². The molecule has 1 aliphatic rings. The van der Waals surface area contributed by atoms with Crippen LogP contribution >= 0.6 is 11.5 Å². The van der Waals surface area contributed by atoms with Gasteiger partial charge in [0, 0.05) is 43.8 Å². The molecule has 1 fully saturated rings. The Kier molecular flexibility index (Phi) is 5.34. The number of aromatic nitrogens is 2. The highest BCUT2D eigenvalue weighted by molar-refractivity contribution is 7.10. The molecule has 2 rings (SSSR count). The van der Waals surface area contributed by atoms with Gasteiger partial charge in [-0.1, -0.05) is 10.9 Å². The molecular formula is C12H22N4OS. The number of nitrogens with zero attached hydrogens (tertiary/aromatic N) is 3. The van der Waals surface area contributed by atoms with Crippen LogP contribution in [0.2, 0.25) is 0 Å². The van der Waals surface area contributed by atoms with Gasteiger partial charge in [0.1, 0.15) is 10.7 Å². The zero-order valence-electron chi connectivity index (χ0n) is 10.9. The molecule has 0 spiro atoms. The van der Waals surface area contributed by atoms with Crippen LogP contribution in [0.5, 0.6) is 0 Å². The molecule has 1 aliphatic carbocycles. The van der Waals surface area contributed by atoms with Crippen LogP contribution in [-0.4, -0.2) is 45.3 Å². The molecular weight excluding hydrogens is 248 g/mol. The van der Waals surface area contributed by atoms with Gasteiger partial charge in [-0.05, 0) is 26.2 Å². The van der Waals surface area contributed by atoms with Gasteiger partial charge >= 0.3 is 0 Å².